The average molecular weight is 393 g/mol. The van der Waals surface area contributed by atoms with E-state index < -0.39 is 5.25 Å². The van der Waals surface area contributed by atoms with Crippen LogP contribution in [0.3, 0.4) is 0 Å². The highest BCUT2D eigenvalue weighted by atomic mass is 32.2. The minimum absolute atomic E-state index is 0.189. The summed E-state index contributed by atoms with van der Waals surface area (Å²) >= 11 is 1.29. The molecule has 28 heavy (non-hydrogen) atoms. The van der Waals surface area contributed by atoms with Gasteiger partial charge in [0.05, 0.1) is 21.8 Å². The van der Waals surface area contributed by atoms with Crippen LogP contribution in [-0.4, -0.2) is 26.1 Å². The Hall–Kier alpha value is -3.05. The maximum absolute atomic E-state index is 12.6. The highest BCUT2D eigenvalue weighted by Gasteiger charge is 2.21. The lowest BCUT2D eigenvalue weighted by Gasteiger charge is -2.18. The molecule has 2 heterocycles. The summed E-state index contributed by atoms with van der Waals surface area (Å²) in [6, 6.07) is 9.31. The molecule has 1 amide bonds. The fraction of sp³-hybridized carbons (Fsp3) is 0.300. The number of amides is 1. The normalized spacial score (nSPS) is 14.3. The number of hydrogen-bond acceptors (Lipinski definition) is 5. The molecule has 1 aliphatic rings. The fourth-order valence-electron chi connectivity index (χ4n) is 3.36. The van der Waals surface area contributed by atoms with Gasteiger partial charge in [0, 0.05) is 11.4 Å². The van der Waals surface area contributed by atoms with Gasteiger partial charge < -0.3 is 15.3 Å². The Kier molecular flexibility index (Phi) is 4.92. The van der Waals surface area contributed by atoms with Crippen molar-refractivity contribution in [3.63, 3.8) is 0 Å². The predicted octanol–water partition coefficient (Wildman–Crippen LogP) is 3.12. The van der Waals surface area contributed by atoms with Crippen molar-refractivity contribution in [1.29, 1.82) is 5.26 Å². The van der Waals surface area contributed by atoms with Crippen molar-refractivity contribution in [2.75, 3.05) is 5.32 Å². The molecular weight excluding hydrogens is 374 g/mol. The van der Waals surface area contributed by atoms with Gasteiger partial charge in [-0.15, -0.1) is 0 Å². The Morgan fingerprint density at radius 3 is 2.86 bits per heavy atom. The maximum Gasteiger partial charge on any atom is 0.323 e. The molecule has 1 atom stereocenters. The van der Waals surface area contributed by atoms with Gasteiger partial charge in [-0.3, -0.25) is 4.79 Å². The first-order chi connectivity index (χ1) is 13.5. The van der Waals surface area contributed by atoms with Crippen molar-refractivity contribution in [3.05, 3.63) is 51.6 Å². The number of pyridine rings is 1. The van der Waals surface area contributed by atoms with E-state index in [2.05, 4.69) is 26.3 Å². The van der Waals surface area contributed by atoms with Crippen LogP contribution in [-0.2, 0) is 17.6 Å². The molecule has 1 aromatic carbocycles. The number of aromatic nitrogens is 3. The highest BCUT2D eigenvalue weighted by molar-refractivity contribution is 8.00. The first-order valence-corrected chi connectivity index (χ1v) is 10.0. The van der Waals surface area contributed by atoms with Crippen molar-refractivity contribution in [3.8, 4) is 6.07 Å². The molecule has 3 N–H and O–H groups in total. The number of fused-ring (bicyclic) bond motifs is 2. The second-order valence-electron chi connectivity index (χ2n) is 6.85. The summed E-state index contributed by atoms with van der Waals surface area (Å²) in [6.07, 6.45) is 4.11. The second kappa shape index (κ2) is 7.52. The molecule has 0 bridgehead atoms. The van der Waals surface area contributed by atoms with Crippen LogP contribution in [0.25, 0.3) is 11.0 Å². The number of anilines is 1. The maximum atomic E-state index is 12.6. The zero-order valence-electron chi connectivity index (χ0n) is 15.3. The predicted molar refractivity (Wildman–Crippen MR) is 108 cm³/mol. The van der Waals surface area contributed by atoms with Crippen molar-refractivity contribution in [2.24, 2.45) is 0 Å². The summed E-state index contributed by atoms with van der Waals surface area (Å²) in [5.41, 5.74) is 4.34. The van der Waals surface area contributed by atoms with Crippen LogP contribution in [0.2, 0.25) is 0 Å². The zero-order valence-corrected chi connectivity index (χ0v) is 16.2. The minimum Gasteiger partial charge on any atom is -0.325 e. The van der Waals surface area contributed by atoms with E-state index >= 15 is 0 Å². The van der Waals surface area contributed by atoms with Gasteiger partial charge >= 0.3 is 5.69 Å². The van der Waals surface area contributed by atoms with E-state index in [-0.39, 0.29) is 11.6 Å². The Balaban J connectivity index is 1.51. The summed E-state index contributed by atoms with van der Waals surface area (Å²) in [6.45, 7) is 1.79. The van der Waals surface area contributed by atoms with Crippen LogP contribution in [0, 0.1) is 11.3 Å². The van der Waals surface area contributed by atoms with Gasteiger partial charge in [0.2, 0.25) is 5.91 Å². The molecule has 0 aliphatic heterocycles. The van der Waals surface area contributed by atoms with Crippen molar-refractivity contribution < 1.29 is 4.79 Å². The highest BCUT2D eigenvalue weighted by Crippen LogP contribution is 2.30. The summed E-state index contributed by atoms with van der Waals surface area (Å²) in [7, 11) is 0. The number of carbonyl (C=O) groups is 1. The molecule has 0 radical (unpaired) electrons. The number of H-pyrrole nitrogens is 2. The number of nitriles is 1. The van der Waals surface area contributed by atoms with E-state index in [1.54, 1.807) is 25.1 Å². The van der Waals surface area contributed by atoms with Crippen molar-refractivity contribution in [1.82, 2.24) is 15.0 Å². The molecule has 1 aliphatic carbocycles. The number of rotatable bonds is 4. The number of thioether (sulfide) groups is 1. The smallest absolute Gasteiger partial charge is 0.323 e. The van der Waals surface area contributed by atoms with Gasteiger partial charge in [0.1, 0.15) is 11.1 Å². The van der Waals surface area contributed by atoms with Crippen LogP contribution in [0.1, 0.15) is 36.6 Å². The molecule has 0 fully saturated rings. The van der Waals surface area contributed by atoms with Crippen LogP contribution < -0.4 is 11.0 Å². The van der Waals surface area contributed by atoms with Gasteiger partial charge in [0.15, 0.2) is 0 Å². The van der Waals surface area contributed by atoms with Crippen LogP contribution >= 0.6 is 11.8 Å². The first kappa shape index (κ1) is 18.3. The van der Waals surface area contributed by atoms with E-state index in [1.165, 1.54) is 11.8 Å². The lowest BCUT2D eigenvalue weighted by Crippen LogP contribution is -2.22. The molecule has 0 saturated carbocycles. The Bertz CT molecular complexity index is 1160. The molecular formula is C20H19N5O2S. The SMILES string of the molecule is CC(Sc1nc2c(cc1C#N)CCCC2)C(=O)Nc1ccc2[nH]c(=O)[nH]c2c1. The molecule has 142 valence electrons. The molecule has 1 unspecified atom stereocenters. The summed E-state index contributed by atoms with van der Waals surface area (Å²) < 4.78 is 0. The Labute approximate surface area is 165 Å². The molecule has 0 saturated heterocycles. The van der Waals surface area contributed by atoms with E-state index in [0.29, 0.717) is 27.3 Å². The van der Waals surface area contributed by atoms with Crippen molar-refractivity contribution >= 4 is 34.4 Å². The number of hydrogen-bond donors (Lipinski definition) is 3. The molecule has 8 heteroatoms. The number of nitrogens with one attached hydrogen (secondary N) is 3. The van der Waals surface area contributed by atoms with E-state index in [1.807, 2.05) is 6.07 Å². The minimum atomic E-state index is -0.429. The van der Waals surface area contributed by atoms with Gasteiger partial charge in [-0.25, -0.2) is 9.78 Å². The molecule has 7 nitrogen and oxygen atoms in total. The third-order valence-corrected chi connectivity index (χ3v) is 5.93. The van der Waals surface area contributed by atoms with E-state index in [4.69, 9.17) is 0 Å². The quantitative estimate of drug-likeness (QED) is 0.589. The molecule has 4 rings (SSSR count). The van der Waals surface area contributed by atoms with Crippen LogP contribution in [0.5, 0.6) is 0 Å². The van der Waals surface area contributed by atoms with Crippen LogP contribution in [0.15, 0.2) is 34.1 Å². The van der Waals surface area contributed by atoms with Crippen molar-refractivity contribution in [2.45, 2.75) is 42.9 Å². The number of imidazole rings is 1. The largest absolute Gasteiger partial charge is 0.325 e. The molecule has 3 aromatic rings. The lowest BCUT2D eigenvalue weighted by molar-refractivity contribution is -0.115. The van der Waals surface area contributed by atoms with E-state index in [9.17, 15) is 14.9 Å². The summed E-state index contributed by atoms with van der Waals surface area (Å²) in [5, 5.41) is 12.5. The number of benzene rings is 1. The molecule has 0 spiro atoms. The van der Waals surface area contributed by atoms with Crippen LogP contribution in [0.4, 0.5) is 5.69 Å². The number of aromatic amines is 2. The first-order valence-electron chi connectivity index (χ1n) is 9.16. The third-order valence-electron chi connectivity index (χ3n) is 4.83. The second-order valence-corrected chi connectivity index (χ2v) is 8.18. The average Bonchev–Trinajstić information content (AvgIpc) is 3.06. The molecule has 2 aromatic heterocycles. The van der Waals surface area contributed by atoms with Gasteiger partial charge in [-0.1, -0.05) is 11.8 Å². The monoisotopic (exact) mass is 393 g/mol. The number of carbonyl (C=O) groups excluding carboxylic acids is 1. The number of nitrogens with zero attached hydrogens (tertiary/aromatic N) is 2. The standard InChI is InChI=1S/C20H19N5O2S/c1-11(18(26)22-14-6-7-16-17(9-14)25-20(27)24-16)28-19-13(10-21)8-12-4-2-3-5-15(12)23-19/h6-9,11H,2-5H2,1H3,(H,22,26)(H2,24,25,27). The van der Waals surface area contributed by atoms with E-state index in [0.717, 1.165) is 36.9 Å². The summed E-state index contributed by atoms with van der Waals surface area (Å²) in [4.78, 5) is 34.0. The number of aryl methyl sites for hydroxylation is 2. The third kappa shape index (κ3) is 3.66. The lowest BCUT2D eigenvalue weighted by atomic mass is 9.95. The topological polar surface area (TPSA) is 114 Å². The Morgan fingerprint density at radius 1 is 1.25 bits per heavy atom. The fourth-order valence-corrected chi connectivity index (χ4v) is 4.26. The summed E-state index contributed by atoms with van der Waals surface area (Å²) in [5.74, 6) is -0.189. The van der Waals surface area contributed by atoms with Gasteiger partial charge in [-0.2, -0.15) is 5.26 Å². The van der Waals surface area contributed by atoms with Gasteiger partial charge in [-0.05, 0) is 62.4 Å². The van der Waals surface area contributed by atoms with Gasteiger partial charge in [0.25, 0.3) is 0 Å². The Morgan fingerprint density at radius 2 is 2.04 bits per heavy atom. The zero-order chi connectivity index (χ0) is 19.7.